The Labute approximate surface area is 130 Å². The van der Waals surface area contributed by atoms with Gasteiger partial charge in [-0.05, 0) is 43.1 Å². The molecule has 0 bridgehead atoms. The predicted octanol–water partition coefficient (Wildman–Crippen LogP) is 3.04. The van der Waals surface area contributed by atoms with Crippen LogP contribution in [0, 0.1) is 22.7 Å². The van der Waals surface area contributed by atoms with E-state index in [2.05, 4.69) is 46.5 Å². The van der Waals surface area contributed by atoms with E-state index in [0.29, 0.717) is 11.8 Å². The Hall–Kier alpha value is -0.315. The molecular formula is C17H32BNO2. The van der Waals surface area contributed by atoms with E-state index in [4.69, 9.17) is 4.65 Å². The van der Waals surface area contributed by atoms with Crippen LogP contribution in [0.3, 0.4) is 0 Å². The maximum Gasteiger partial charge on any atom is 0.472 e. The highest BCUT2D eigenvalue weighted by Crippen LogP contribution is 2.55. The standard InChI is InChI=1S/C17H32BNO2/c1-7-17(6)13(3)16(4,5)12(2)11-14(17)21-18(20)15-9-8-10-19-15/h7,12-15,19-20H,1,8-11H2,2-6H3/t12?,13?,14-,15+,17+/m1/s1. The third-order valence-corrected chi connectivity index (χ3v) is 6.77. The van der Waals surface area contributed by atoms with Gasteiger partial charge in [-0.3, -0.25) is 0 Å². The molecule has 120 valence electrons. The van der Waals surface area contributed by atoms with E-state index in [9.17, 15) is 5.02 Å². The minimum Gasteiger partial charge on any atom is -0.426 e. The second-order valence-corrected chi connectivity index (χ2v) is 7.97. The molecule has 4 heteroatoms. The van der Waals surface area contributed by atoms with Crippen molar-refractivity contribution in [3.8, 4) is 0 Å². The molecule has 1 aliphatic carbocycles. The van der Waals surface area contributed by atoms with E-state index >= 15 is 0 Å². The van der Waals surface area contributed by atoms with Crippen molar-refractivity contribution in [2.24, 2.45) is 22.7 Å². The second-order valence-electron chi connectivity index (χ2n) is 7.97. The first kappa shape index (κ1) is 17.0. The molecule has 1 saturated heterocycles. The third kappa shape index (κ3) is 2.95. The van der Waals surface area contributed by atoms with Crippen LogP contribution in [0.25, 0.3) is 0 Å². The maximum absolute atomic E-state index is 10.4. The number of hydrogen-bond acceptors (Lipinski definition) is 3. The Morgan fingerprint density at radius 3 is 2.52 bits per heavy atom. The zero-order valence-electron chi connectivity index (χ0n) is 14.4. The van der Waals surface area contributed by atoms with E-state index in [-0.39, 0.29) is 22.9 Å². The van der Waals surface area contributed by atoms with E-state index < -0.39 is 7.12 Å². The van der Waals surface area contributed by atoms with Crippen molar-refractivity contribution >= 4 is 7.12 Å². The molecule has 5 atom stereocenters. The van der Waals surface area contributed by atoms with Crippen molar-refractivity contribution in [2.75, 3.05) is 6.54 Å². The summed E-state index contributed by atoms with van der Waals surface area (Å²) < 4.78 is 6.14. The van der Waals surface area contributed by atoms with E-state index in [1.54, 1.807) is 0 Å². The number of hydrogen-bond donors (Lipinski definition) is 2. The van der Waals surface area contributed by atoms with Gasteiger partial charge < -0.3 is 15.0 Å². The average molecular weight is 293 g/mol. The van der Waals surface area contributed by atoms with Crippen LogP contribution in [-0.2, 0) is 4.65 Å². The van der Waals surface area contributed by atoms with Gasteiger partial charge in [-0.15, -0.1) is 6.58 Å². The van der Waals surface area contributed by atoms with Crippen LogP contribution < -0.4 is 5.32 Å². The quantitative estimate of drug-likeness (QED) is 0.618. The van der Waals surface area contributed by atoms with Gasteiger partial charge in [0, 0.05) is 11.4 Å². The highest BCUT2D eigenvalue weighted by molar-refractivity contribution is 6.45. The van der Waals surface area contributed by atoms with Crippen LogP contribution >= 0.6 is 0 Å². The van der Waals surface area contributed by atoms with Gasteiger partial charge in [-0.2, -0.15) is 0 Å². The van der Waals surface area contributed by atoms with Gasteiger partial charge in [0.2, 0.25) is 0 Å². The molecule has 1 saturated carbocycles. The fourth-order valence-electron chi connectivity index (χ4n) is 4.11. The lowest BCUT2D eigenvalue weighted by Gasteiger charge is -2.56. The maximum atomic E-state index is 10.4. The Bertz CT molecular complexity index is 381. The van der Waals surface area contributed by atoms with Crippen molar-refractivity contribution in [2.45, 2.75) is 65.9 Å². The van der Waals surface area contributed by atoms with Gasteiger partial charge in [0.05, 0.1) is 6.10 Å². The number of rotatable bonds is 4. The van der Waals surface area contributed by atoms with Gasteiger partial charge in [0.25, 0.3) is 0 Å². The average Bonchev–Trinajstić information content (AvgIpc) is 2.97. The molecule has 0 aromatic rings. The molecule has 0 aromatic carbocycles. The van der Waals surface area contributed by atoms with Crippen LogP contribution in [0.1, 0.15) is 53.9 Å². The summed E-state index contributed by atoms with van der Waals surface area (Å²) in [6, 6.07) is 0. The van der Waals surface area contributed by atoms with Crippen molar-refractivity contribution in [1.82, 2.24) is 5.32 Å². The molecule has 0 aromatic heterocycles. The summed E-state index contributed by atoms with van der Waals surface area (Å²) >= 11 is 0. The summed E-state index contributed by atoms with van der Waals surface area (Å²) in [5.41, 5.74) is 0.148. The molecule has 2 unspecified atom stereocenters. The van der Waals surface area contributed by atoms with E-state index in [1.807, 2.05) is 6.08 Å². The molecule has 2 aliphatic rings. The van der Waals surface area contributed by atoms with Crippen LogP contribution in [0.5, 0.6) is 0 Å². The second kappa shape index (κ2) is 6.06. The van der Waals surface area contributed by atoms with E-state index in [0.717, 1.165) is 25.8 Å². The van der Waals surface area contributed by atoms with Gasteiger partial charge in [-0.1, -0.05) is 40.7 Å². The fraction of sp³-hybridized carbons (Fsp3) is 0.882. The normalized spacial score (nSPS) is 42.8. The summed E-state index contributed by atoms with van der Waals surface area (Å²) in [5, 5.41) is 13.7. The molecule has 0 radical (unpaired) electrons. The van der Waals surface area contributed by atoms with Crippen molar-refractivity contribution in [3.05, 3.63) is 12.7 Å². The van der Waals surface area contributed by atoms with Crippen LogP contribution in [0.2, 0.25) is 0 Å². The SMILES string of the molecule is C=C[C@@]1(C)C(C)C(C)(C)C(C)C[C@H]1OB(O)[C@@H]1CCCN1. The van der Waals surface area contributed by atoms with E-state index in [1.165, 1.54) is 0 Å². The lowest BCUT2D eigenvalue weighted by atomic mass is 9.52. The monoisotopic (exact) mass is 293 g/mol. The molecule has 2 fully saturated rings. The first-order valence-electron chi connectivity index (χ1n) is 8.44. The molecule has 3 nitrogen and oxygen atoms in total. The van der Waals surface area contributed by atoms with Crippen LogP contribution in [-0.4, -0.2) is 30.7 Å². The predicted molar refractivity (Wildman–Crippen MR) is 88.9 cm³/mol. The minimum absolute atomic E-state index is 0.0328. The van der Waals surface area contributed by atoms with Gasteiger partial charge in [-0.25, -0.2) is 0 Å². The van der Waals surface area contributed by atoms with Crippen molar-refractivity contribution < 1.29 is 9.68 Å². The summed E-state index contributed by atoms with van der Waals surface area (Å²) in [6.07, 6.45) is 5.17. The summed E-state index contributed by atoms with van der Waals surface area (Å²) in [5.74, 6) is 1.11. The first-order chi connectivity index (χ1) is 9.73. The van der Waals surface area contributed by atoms with Crippen LogP contribution in [0.4, 0.5) is 0 Å². The molecule has 0 amide bonds. The van der Waals surface area contributed by atoms with Crippen LogP contribution in [0.15, 0.2) is 12.7 Å². The topological polar surface area (TPSA) is 41.5 Å². The number of nitrogens with one attached hydrogen (secondary N) is 1. The fourth-order valence-corrected chi connectivity index (χ4v) is 4.11. The summed E-state index contributed by atoms with van der Waals surface area (Å²) in [7, 11) is -0.711. The summed E-state index contributed by atoms with van der Waals surface area (Å²) in [6.45, 7) is 16.6. The van der Waals surface area contributed by atoms with Crippen molar-refractivity contribution in [1.29, 1.82) is 0 Å². The van der Waals surface area contributed by atoms with Gasteiger partial charge in [0.15, 0.2) is 0 Å². The Kier molecular flexibility index (Phi) is 4.92. The Morgan fingerprint density at radius 1 is 1.33 bits per heavy atom. The third-order valence-electron chi connectivity index (χ3n) is 6.77. The molecular weight excluding hydrogens is 261 g/mol. The zero-order valence-corrected chi connectivity index (χ0v) is 14.4. The lowest BCUT2D eigenvalue weighted by molar-refractivity contribution is -0.0891. The molecule has 2 rings (SSSR count). The Morgan fingerprint density at radius 2 is 2.00 bits per heavy atom. The molecule has 21 heavy (non-hydrogen) atoms. The van der Waals surface area contributed by atoms with Crippen molar-refractivity contribution in [3.63, 3.8) is 0 Å². The molecule has 0 spiro atoms. The largest absolute Gasteiger partial charge is 0.472 e. The Balaban J connectivity index is 2.15. The zero-order chi connectivity index (χ0) is 15.8. The summed E-state index contributed by atoms with van der Waals surface area (Å²) in [4.78, 5) is 0. The first-order valence-corrected chi connectivity index (χ1v) is 8.44. The van der Waals surface area contributed by atoms with Gasteiger partial charge >= 0.3 is 7.12 Å². The lowest BCUT2D eigenvalue weighted by Crippen LogP contribution is -2.56. The van der Waals surface area contributed by atoms with Gasteiger partial charge in [0.1, 0.15) is 0 Å². The highest BCUT2D eigenvalue weighted by Gasteiger charge is 2.52. The highest BCUT2D eigenvalue weighted by atomic mass is 16.5. The smallest absolute Gasteiger partial charge is 0.426 e. The molecule has 1 heterocycles. The minimum atomic E-state index is -0.711. The molecule has 1 aliphatic heterocycles. The molecule has 2 N–H and O–H groups in total.